The number of piperidine rings is 1. The Balaban J connectivity index is 1.31. The van der Waals surface area contributed by atoms with Crippen molar-refractivity contribution in [2.24, 2.45) is 11.8 Å². The van der Waals surface area contributed by atoms with Gasteiger partial charge in [-0.3, -0.25) is 14.7 Å². The number of carbonyl (C=O) groups is 1. The standard InChI is InChI=1S/C27H32F3N3O3/c1-16(25(34)35)22(19-4-5-19)20-6-3-18-7-8-26(36-21(18)15-20)9-13-33(14-10-26)17(2)23-24(27(28,29)30)32-12-11-31-23/h3,6,11-12,15-17,19,22H,4-5,7-10,13-14H2,1-2H3,(H,34,35)/t16-,17?,22-/m0/s1. The summed E-state index contributed by atoms with van der Waals surface area (Å²) in [5, 5.41) is 9.63. The van der Waals surface area contributed by atoms with Gasteiger partial charge in [-0.1, -0.05) is 19.1 Å². The third-order valence-corrected chi connectivity index (χ3v) is 8.36. The number of likely N-dealkylation sites (tertiary alicyclic amines) is 1. The van der Waals surface area contributed by atoms with E-state index in [1.165, 1.54) is 6.20 Å². The first-order valence-electron chi connectivity index (χ1n) is 12.7. The van der Waals surface area contributed by atoms with Crippen molar-refractivity contribution in [1.82, 2.24) is 14.9 Å². The molecule has 1 saturated carbocycles. The Kier molecular flexibility index (Phi) is 6.47. The van der Waals surface area contributed by atoms with Gasteiger partial charge in [0.25, 0.3) is 0 Å². The number of aliphatic carboxylic acids is 1. The van der Waals surface area contributed by atoms with Crippen LogP contribution in [0.2, 0.25) is 0 Å². The van der Waals surface area contributed by atoms with Gasteiger partial charge in [-0.05, 0) is 74.5 Å². The van der Waals surface area contributed by atoms with Crippen molar-refractivity contribution in [2.75, 3.05) is 13.1 Å². The summed E-state index contributed by atoms with van der Waals surface area (Å²) < 4.78 is 47.0. The van der Waals surface area contributed by atoms with Gasteiger partial charge in [0.1, 0.15) is 11.4 Å². The van der Waals surface area contributed by atoms with Gasteiger partial charge in [-0.2, -0.15) is 13.2 Å². The van der Waals surface area contributed by atoms with Gasteiger partial charge in [-0.25, -0.2) is 4.98 Å². The van der Waals surface area contributed by atoms with Crippen molar-refractivity contribution >= 4 is 5.97 Å². The lowest BCUT2D eigenvalue weighted by Crippen LogP contribution is -2.50. The van der Waals surface area contributed by atoms with Crippen molar-refractivity contribution in [2.45, 2.75) is 76.1 Å². The molecule has 1 aromatic heterocycles. The predicted octanol–water partition coefficient (Wildman–Crippen LogP) is 5.63. The number of hydrogen-bond acceptors (Lipinski definition) is 5. The number of ether oxygens (including phenoxy) is 1. The van der Waals surface area contributed by atoms with Gasteiger partial charge in [0.05, 0.1) is 17.7 Å². The molecule has 6 nitrogen and oxygen atoms in total. The van der Waals surface area contributed by atoms with Gasteiger partial charge in [0, 0.05) is 25.5 Å². The average Bonchev–Trinajstić information content (AvgIpc) is 3.68. The molecule has 2 aromatic rings. The number of carboxylic acid groups (broad SMARTS) is 1. The summed E-state index contributed by atoms with van der Waals surface area (Å²) in [6.07, 6.45) is 3.11. The molecule has 2 aliphatic heterocycles. The Hall–Kier alpha value is -2.68. The number of aryl methyl sites for hydroxylation is 1. The highest BCUT2D eigenvalue weighted by atomic mass is 19.4. The van der Waals surface area contributed by atoms with Crippen molar-refractivity contribution in [1.29, 1.82) is 0 Å². The maximum Gasteiger partial charge on any atom is 0.435 e. The zero-order valence-corrected chi connectivity index (χ0v) is 20.6. The average molecular weight is 504 g/mol. The van der Waals surface area contributed by atoms with Crippen molar-refractivity contribution < 1.29 is 27.8 Å². The summed E-state index contributed by atoms with van der Waals surface area (Å²) >= 11 is 0. The maximum absolute atomic E-state index is 13.5. The second kappa shape index (κ2) is 9.32. The summed E-state index contributed by atoms with van der Waals surface area (Å²) in [5.41, 5.74) is 0.835. The van der Waals surface area contributed by atoms with Crippen LogP contribution in [0.15, 0.2) is 30.6 Å². The van der Waals surface area contributed by atoms with E-state index in [0.717, 1.165) is 48.8 Å². The summed E-state index contributed by atoms with van der Waals surface area (Å²) in [7, 11) is 0. The molecular formula is C27H32F3N3O3. The Morgan fingerprint density at radius 2 is 1.83 bits per heavy atom. The molecule has 3 heterocycles. The number of aromatic nitrogens is 2. The molecule has 0 bridgehead atoms. The van der Waals surface area contributed by atoms with E-state index in [-0.39, 0.29) is 17.2 Å². The summed E-state index contributed by atoms with van der Waals surface area (Å²) in [6.45, 7) is 4.74. The van der Waals surface area contributed by atoms with Gasteiger partial charge in [0.2, 0.25) is 0 Å². The lowest BCUT2D eigenvalue weighted by atomic mass is 9.80. The second-order valence-corrected chi connectivity index (χ2v) is 10.6. The highest BCUT2D eigenvalue weighted by molar-refractivity contribution is 5.71. The lowest BCUT2D eigenvalue weighted by Gasteiger charge is -2.46. The Labute approximate surface area is 208 Å². The molecule has 1 aliphatic carbocycles. The van der Waals surface area contributed by atoms with Crippen molar-refractivity contribution in [3.05, 3.63) is 53.1 Å². The maximum atomic E-state index is 13.5. The first-order valence-corrected chi connectivity index (χ1v) is 12.7. The Morgan fingerprint density at radius 1 is 1.14 bits per heavy atom. The third-order valence-electron chi connectivity index (χ3n) is 8.36. The summed E-state index contributed by atoms with van der Waals surface area (Å²) in [6, 6.07) is 5.67. The Bertz CT molecular complexity index is 1130. The molecule has 194 valence electrons. The second-order valence-electron chi connectivity index (χ2n) is 10.6. The van der Waals surface area contributed by atoms with E-state index in [1.54, 1.807) is 13.8 Å². The first-order chi connectivity index (χ1) is 17.1. The van der Waals surface area contributed by atoms with Gasteiger partial charge < -0.3 is 9.84 Å². The minimum absolute atomic E-state index is 0.0215. The molecule has 1 aromatic carbocycles. The zero-order valence-electron chi connectivity index (χ0n) is 20.6. The fourth-order valence-electron chi connectivity index (χ4n) is 6.02. The number of hydrogen-bond donors (Lipinski definition) is 1. The molecule has 1 saturated heterocycles. The number of carboxylic acids is 1. The van der Waals surface area contributed by atoms with Crippen LogP contribution >= 0.6 is 0 Å². The molecule has 1 unspecified atom stereocenters. The van der Waals surface area contributed by atoms with E-state index in [4.69, 9.17) is 4.74 Å². The highest BCUT2D eigenvalue weighted by Crippen LogP contribution is 2.49. The van der Waals surface area contributed by atoms with Crippen LogP contribution in [-0.2, 0) is 17.4 Å². The predicted molar refractivity (Wildman–Crippen MR) is 127 cm³/mol. The summed E-state index contributed by atoms with van der Waals surface area (Å²) in [4.78, 5) is 21.3. The molecular weight excluding hydrogens is 471 g/mol. The topological polar surface area (TPSA) is 75.6 Å². The number of benzene rings is 1. The molecule has 0 radical (unpaired) electrons. The first kappa shape index (κ1) is 25.0. The normalized spacial score (nSPS) is 22.4. The van der Waals surface area contributed by atoms with Crippen LogP contribution in [0.25, 0.3) is 0 Å². The highest BCUT2D eigenvalue weighted by Gasteiger charge is 2.44. The molecule has 9 heteroatoms. The molecule has 1 N–H and O–H groups in total. The van der Waals surface area contributed by atoms with Crippen molar-refractivity contribution in [3.63, 3.8) is 0 Å². The van der Waals surface area contributed by atoms with E-state index >= 15 is 0 Å². The third kappa shape index (κ3) is 4.82. The monoisotopic (exact) mass is 503 g/mol. The number of nitrogens with zero attached hydrogens (tertiary/aromatic N) is 3. The van der Waals surface area contributed by atoms with Crippen LogP contribution in [-0.4, -0.2) is 44.6 Å². The number of halogens is 3. The van der Waals surface area contributed by atoms with Crippen LogP contribution < -0.4 is 4.74 Å². The molecule has 0 amide bonds. The Morgan fingerprint density at radius 3 is 2.47 bits per heavy atom. The van der Waals surface area contributed by atoms with E-state index in [1.807, 2.05) is 11.0 Å². The van der Waals surface area contributed by atoms with E-state index < -0.39 is 29.8 Å². The lowest BCUT2D eigenvalue weighted by molar-refractivity contribution is -0.143. The number of fused-ring (bicyclic) bond motifs is 1. The van der Waals surface area contributed by atoms with E-state index in [2.05, 4.69) is 22.1 Å². The zero-order chi connectivity index (χ0) is 25.7. The molecule has 1 spiro atoms. The van der Waals surface area contributed by atoms with Crippen LogP contribution in [0.1, 0.15) is 80.4 Å². The van der Waals surface area contributed by atoms with Crippen LogP contribution in [0.3, 0.4) is 0 Å². The SMILES string of the molecule is CC(c1nccnc1C(F)(F)F)N1CCC2(CCc3ccc([C@H](C4CC4)[C@H](C)C(=O)O)cc3O2)CC1. The molecule has 5 rings (SSSR count). The summed E-state index contributed by atoms with van der Waals surface area (Å²) in [5.74, 6) is -0.0246. The number of rotatable bonds is 6. The van der Waals surface area contributed by atoms with Gasteiger partial charge >= 0.3 is 12.1 Å². The quantitative estimate of drug-likeness (QED) is 0.551. The van der Waals surface area contributed by atoms with Gasteiger partial charge in [-0.15, -0.1) is 0 Å². The largest absolute Gasteiger partial charge is 0.487 e. The van der Waals surface area contributed by atoms with E-state index in [0.29, 0.717) is 31.8 Å². The van der Waals surface area contributed by atoms with Crippen molar-refractivity contribution in [3.8, 4) is 5.75 Å². The smallest absolute Gasteiger partial charge is 0.435 e. The number of alkyl halides is 3. The van der Waals surface area contributed by atoms with Crippen LogP contribution in [0.5, 0.6) is 5.75 Å². The fourth-order valence-corrected chi connectivity index (χ4v) is 6.02. The minimum atomic E-state index is -4.54. The fraction of sp³-hybridized carbons (Fsp3) is 0.593. The molecule has 3 atom stereocenters. The van der Waals surface area contributed by atoms with E-state index in [9.17, 15) is 23.1 Å². The molecule has 3 aliphatic rings. The molecule has 2 fully saturated rings. The van der Waals surface area contributed by atoms with Gasteiger partial charge in [0.15, 0.2) is 5.69 Å². The van der Waals surface area contributed by atoms with Crippen LogP contribution in [0, 0.1) is 11.8 Å². The molecule has 36 heavy (non-hydrogen) atoms. The minimum Gasteiger partial charge on any atom is -0.487 e. The van der Waals surface area contributed by atoms with Crippen LogP contribution in [0.4, 0.5) is 13.2 Å².